The summed E-state index contributed by atoms with van der Waals surface area (Å²) in [6.45, 7) is 1.29. The number of methoxy groups -OCH3 is 1. The van der Waals surface area contributed by atoms with Crippen molar-refractivity contribution in [2.24, 2.45) is 5.73 Å². The Kier molecular flexibility index (Phi) is 2.82. The number of hydrogen-bond donors (Lipinski definition) is 1. The molecule has 1 heterocycles. The molecule has 1 aromatic carbocycles. The minimum atomic E-state index is 0.603. The van der Waals surface area contributed by atoms with Crippen LogP contribution >= 0.6 is 11.3 Å². The summed E-state index contributed by atoms with van der Waals surface area (Å²) < 4.78 is 6.40. The van der Waals surface area contributed by atoms with E-state index in [0.717, 1.165) is 0 Å². The molecule has 0 aliphatic heterocycles. The van der Waals surface area contributed by atoms with Crippen LogP contribution in [0.3, 0.4) is 0 Å². The molecule has 14 heavy (non-hydrogen) atoms. The van der Waals surface area contributed by atoms with E-state index in [1.165, 1.54) is 20.5 Å². The summed E-state index contributed by atoms with van der Waals surface area (Å²) >= 11 is 1.78. The molecule has 2 aromatic rings. The first-order valence-corrected chi connectivity index (χ1v) is 5.35. The van der Waals surface area contributed by atoms with Gasteiger partial charge >= 0.3 is 0 Å². The molecule has 0 unspecified atom stereocenters. The lowest BCUT2D eigenvalue weighted by atomic mass is 10.1. The van der Waals surface area contributed by atoms with Gasteiger partial charge in [-0.05, 0) is 29.1 Å². The van der Waals surface area contributed by atoms with Crippen LogP contribution in [0.25, 0.3) is 10.1 Å². The summed E-state index contributed by atoms with van der Waals surface area (Å²) in [4.78, 5) is 1.26. The topological polar surface area (TPSA) is 35.2 Å². The lowest BCUT2D eigenvalue weighted by molar-refractivity contribution is 0.187. The quantitative estimate of drug-likeness (QED) is 0.839. The predicted octanol–water partition coefficient (Wildman–Crippen LogP) is 2.51. The fraction of sp³-hybridized carbons (Fsp3) is 0.273. The average molecular weight is 207 g/mol. The van der Waals surface area contributed by atoms with E-state index in [4.69, 9.17) is 10.5 Å². The van der Waals surface area contributed by atoms with Crippen molar-refractivity contribution in [2.75, 3.05) is 7.11 Å². The van der Waals surface area contributed by atoms with Crippen molar-refractivity contribution < 1.29 is 4.74 Å². The first-order valence-electron chi connectivity index (χ1n) is 4.54. The summed E-state index contributed by atoms with van der Waals surface area (Å²) in [6.07, 6.45) is 0. The van der Waals surface area contributed by atoms with Crippen LogP contribution in [0.1, 0.15) is 10.4 Å². The molecule has 74 valence electrons. The van der Waals surface area contributed by atoms with Gasteiger partial charge in [0.1, 0.15) is 0 Å². The molecule has 0 bridgehead atoms. The Labute approximate surface area is 87.3 Å². The number of nitrogens with two attached hydrogens (primary N) is 1. The van der Waals surface area contributed by atoms with Gasteiger partial charge in [-0.15, -0.1) is 11.3 Å². The number of fused-ring (bicyclic) bond motifs is 1. The number of hydrogen-bond acceptors (Lipinski definition) is 3. The highest BCUT2D eigenvalue weighted by atomic mass is 32.1. The maximum Gasteiger partial charge on any atom is 0.0806 e. The SMILES string of the molecule is COCc1cc2cc(CN)ccc2s1. The third-order valence-corrected chi connectivity index (χ3v) is 3.24. The third kappa shape index (κ3) is 1.80. The lowest BCUT2D eigenvalue weighted by Gasteiger charge is -1.94. The Morgan fingerprint density at radius 1 is 1.36 bits per heavy atom. The van der Waals surface area contributed by atoms with E-state index in [1.54, 1.807) is 18.4 Å². The van der Waals surface area contributed by atoms with Crippen molar-refractivity contribution in [3.8, 4) is 0 Å². The molecular formula is C11H13NOS. The fourth-order valence-electron chi connectivity index (χ4n) is 1.49. The minimum Gasteiger partial charge on any atom is -0.379 e. The molecule has 0 fully saturated rings. The van der Waals surface area contributed by atoms with Crippen molar-refractivity contribution in [1.82, 2.24) is 0 Å². The highest BCUT2D eigenvalue weighted by molar-refractivity contribution is 7.19. The Balaban J connectivity index is 2.43. The molecule has 0 aliphatic carbocycles. The second kappa shape index (κ2) is 4.09. The second-order valence-corrected chi connectivity index (χ2v) is 4.39. The molecule has 0 radical (unpaired) electrons. The van der Waals surface area contributed by atoms with E-state index in [0.29, 0.717) is 13.2 Å². The summed E-state index contributed by atoms with van der Waals surface area (Å²) in [5.41, 5.74) is 6.76. The van der Waals surface area contributed by atoms with Gasteiger partial charge in [0.25, 0.3) is 0 Å². The average Bonchev–Trinajstić information content (AvgIpc) is 2.59. The van der Waals surface area contributed by atoms with E-state index in [9.17, 15) is 0 Å². The van der Waals surface area contributed by atoms with Gasteiger partial charge in [0, 0.05) is 23.2 Å². The first kappa shape index (κ1) is 9.65. The fourth-order valence-corrected chi connectivity index (χ4v) is 2.51. The maximum absolute atomic E-state index is 5.59. The standard InChI is InChI=1S/C11H13NOS/c1-13-7-10-5-9-4-8(6-12)2-3-11(9)14-10/h2-5H,6-7,12H2,1H3. The second-order valence-electron chi connectivity index (χ2n) is 3.22. The number of thiophene rings is 1. The predicted molar refractivity (Wildman–Crippen MR) is 60.4 cm³/mol. The van der Waals surface area contributed by atoms with E-state index in [2.05, 4.69) is 24.3 Å². The van der Waals surface area contributed by atoms with Crippen molar-refractivity contribution in [1.29, 1.82) is 0 Å². The molecule has 0 saturated heterocycles. The zero-order valence-electron chi connectivity index (χ0n) is 8.12. The van der Waals surface area contributed by atoms with Crippen LogP contribution in [0.15, 0.2) is 24.3 Å². The zero-order valence-corrected chi connectivity index (χ0v) is 8.93. The van der Waals surface area contributed by atoms with Crippen LogP contribution in [-0.2, 0) is 17.9 Å². The van der Waals surface area contributed by atoms with Crippen molar-refractivity contribution in [3.63, 3.8) is 0 Å². The van der Waals surface area contributed by atoms with Crippen LogP contribution in [0.4, 0.5) is 0 Å². The van der Waals surface area contributed by atoms with Gasteiger partial charge in [-0.3, -0.25) is 0 Å². The highest BCUT2D eigenvalue weighted by Gasteiger charge is 2.01. The molecule has 0 spiro atoms. The van der Waals surface area contributed by atoms with Gasteiger partial charge < -0.3 is 10.5 Å². The third-order valence-electron chi connectivity index (χ3n) is 2.15. The molecule has 0 saturated carbocycles. The largest absolute Gasteiger partial charge is 0.379 e. The van der Waals surface area contributed by atoms with Gasteiger partial charge in [0.05, 0.1) is 6.61 Å². The molecule has 2 nitrogen and oxygen atoms in total. The first-order chi connectivity index (χ1) is 6.83. The van der Waals surface area contributed by atoms with Gasteiger partial charge in [-0.2, -0.15) is 0 Å². The molecule has 0 amide bonds. The summed E-state index contributed by atoms with van der Waals surface area (Å²) in [6, 6.07) is 8.52. The molecule has 3 heteroatoms. The molecule has 1 aromatic heterocycles. The summed E-state index contributed by atoms with van der Waals surface area (Å²) in [5, 5.41) is 1.27. The Morgan fingerprint density at radius 3 is 2.93 bits per heavy atom. The van der Waals surface area contributed by atoms with E-state index < -0.39 is 0 Å². The lowest BCUT2D eigenvalue weighted by Crippen LogP contribution is -1.94. The Hall–Kier alpha value is -0.900. The van der Waals surface area contributed by atoms with Crippen molar-refractivity contribution in [3.05, 3.63) is 34.7 Å². The van der Waals surface area contributed by atoms with Crippen LogP contribution in [-0.4, -0.2) is 7.11 Å². The molecule has 0 atom stereocenters. The van der Waals surface area contributed by atoms with Crippen molar-refractivity contribution in [2.45, 2.75) is 13.2 Å². The van der Waals surface area contributed by atoms with Gasteiger partial charge in [0.15, 0.2) is 0 Å². The number of rotatable bonds is 3. The smallest absolute Gasteiger partial charge is 0.0806 e. The molecule has 2 N–H and O–H groups in total. The van der Waals surface area contributed by atoms with Crippen LogP contribution in [0, 0.1) is 0 Å². The van der Waals surface area contributed by atoms with E-state index in [1.807, 2.05) is 0 Å². The van der Waals surface area contributed by atoms with Crippen LogP contribution in [0.2, 0.25) is 0 Å². The van der Waals surface area contributed by atoms with Gasteiger partial charge in [-0.25, -0.2) is 0 Å². The Morgan fingerprint density at radius 2 is 2.21 bits per heavy atom. The molecule has 0 aliphatic rings. The normalized spacial score (nSPS) is 11.0. The van der Waals surface area contributed by atoms with Crippen molar-refractivity contribution >= 4 is 21.4 Å². The number of benzene rings is 1. The molecular weight excluding hydrogens is 194 g/mol. The minimum absolute atomic E-state index is 0.603. The van der Waals surface area contributed by atoms with E-state index >= 15 is 0 Å². The monoisotopic (exact) mass is 207 g/mol. The highest BCUT2D eigenvalue weighted by Crippen LogP contribution is 2.26. The van der Waals surface area contributed by atoms with Crippen LogP contribution < -0.4 is 5.73 Å². The van der Waals surface area contributed by atoms with Gasteiger partial charge in [-0.1, -0.05) is 6.07 Å². The molecule has 2 rings (SSSR count). The Bertz CT molecular complexity index is 436. The zero-order chi connectivity index (χ0) is 9.97. The maximum atomic E-state index is 5.59. The summed E-state index contributed by atoms with van der Waals surface area (Å²) in [5.74, 6) is 0. The number of ether oxygens (including phenoxy) is 1. The summed E-state index contributed by atoms with van der Waals surface area (Å²) in [7, 11) is 1.72. The van der Waals surface area contributed by atoms with Crippen LogP contribution in [0.5, 0.6) is 0 Å². The van der Waals surface area contributed by atoms with Gasteiger partial charge in [0.2, 0.25) is 0 Å². The van der Waals surface area contributed by atoms with E-state index in [-0.39, 0.29) is 0 Å².